The molecule has 0 spiro atoms. The van der Waals surface area contributed by atoms with E-state index in [0.29, 0.717) is 34.8 Å². The van der Waals surface area contributed by atoms with Gasteiger partial charge in [-0.2, -0.15) is 15.2 Å². The maximum atomic E-state index is 12.5. The van der Waals surface area contributed by atoms with Crippen molar-refractivity contribution in [2.75, 3.05) is 12.4 Å². The zero-order chi connectivity index (χ0) is 23.4. The smallest absolute Gasteiger partial charge is 0.431 e. The highest BCUT2D eigenvalue weighted by atomic mass is 16.6. The van der Waals surface area contributed by atoms with E-state index in [1.165, 1.54) is 24.4 Å². The number of hydrazone groups is 1. The van der Waals surface area contributed by atoms with Gasteiger partial charge in [0.15, 0.2) is 11.5 Å². The summed E-state index contributed by atoms with van der Waals surface area (Å²) in [7, 11) is 1.47. The number of amides is 2. The van der Waals surface area contributed by atoms with E-state index in [-0.39, 0.29) is 18.2 Å². The van der Waals surface area contributed by atoms with Crippen LogP contribution in [0.15, 0.2) is 59.8 Å². The van der Waals surface area contributed by atoms with Gasteiger partial charge in [-0.1, -0.05) is 19.1 Å². The van der Waals surface area contributed by atoms with Gasteiger partial charge in [0.1, 0.15) is 17.5 Å². The molecule has 33 heavy (non-hydrogen) atoms. The third-order valence-electron chi connectivity index (χ3n) is 5.12. The molecule has 1 aliphatic heterocycles. The fraction of sp³-hybridized carbons (Fsp3) is 0.217. The van der Waals surface area contributed by atoms with E-state index in [1.807, 2.05) is 6.92 Å². The first kappa shape index (κ1) is 21.9. The second-order valence-corrected chi connectivity index (χ2v) is 7.33. The molecule has 1 aliphatic rings. The molecule has 2 aromatic carbocycles. The number of ether oxygens (including phenoxy) is 2. The number of aromatic nitrogens is 2. The van der Waals surface area contributed by atoms with Crippen LogP contribution in [0.1, 0.15) is 35.0 Å². The SMILES string of the molecule is CCC1OC(=O)N(Cc2ccc(NC(=O)c3ccn[nH]3)cc2)N=C1c1ccc(OC)c(O)c1. The number of rotatable bonds is 7. The summed E-state index contributed by atoms with van der Waals surface area (Å²) in [5, 5.41) is 25.0. The molecule has 1 atom stereocenters. The van der Waals surface area contributed by atoms with E-state index in [0.717, 1.165) is 5.56 Å². The van der Waals surface area contributed by atoms with E-state index in [2.05, 4.69) is 20.6 Å². The molecular weight excluding hydrogens is 426 g/mol. The van der Waals surface area contributed by atoms with Gasteiger partial charge in [-0.05, 0) is 48.4 Å². The topological polar surface area (TPSA) is 129 Å². The highest BCUT2D eigenvalue weighted by Gasteiger charge is 2.31. The average Bonchev–Trinajstić information content (AvgIpc) is 3.36. The van der Waals surface area contributed by atoms with Crippen LogP contribution in [0.5, 0.6) is 11.5 Å². The van der Waals surface area contributed by atoms with Crippen LogP contribution in [0.25, 0.3) is 0 Å². The number of phenols is 1. The highest BCUT2D eigenvalue weighted by Crippen LogP contribution is 2.29. The van der Waals surface area contributed by atoms with Crippen molar-refractivity contribution in [2.24, 2.45) is 5.10 Å². The maximum absolute atomic E-state index is 12.5. The number of carbonyl (C=O) groups excluding carboxylic acids is 2. The Hall–Kier alpha value is -4.34. The van der Waals surface area contributed by atoms with Gasteiger partial charge in [0.25, 0.3) is 5.91 Å². The Labute approximate surface area is 189 Å². The Kier molecular flexibility index (Phi) is 6.25. The van der Waals surface area contributed by atoms with Gasteiger partial charge in [-0.3, -0.25) is 9.89 Å². The average molecular weight is 449 g/mol. The molecule has 0 saturated carbocycles. The molecule has 0 radical (unpaired) electrons. The summed E-state index contributed by atoms with van der Waals surface area (Å²) in [6.07, 6.45) is 0.957. The van der Waals surface area contributed by atoms with Gasteiger partial charge in [0.05, 0.1) is 13.7 Å². The molecule has 2 amide bonds. The minimum atomic E-state index is -0.556. The molecule has 1 aromatic heterocycles. The van der Waals surface area contributed by atoms with E-state index in [9.17, 15) is 14.7 Å². The number of methoxy groups -OCH3 is 1. The lowest BCUT2D eigenvalue weighted by molar-refractivity contribution is 0.0712. The number of anilines is 1. The number of hydrogen-bond acceptors (Lipinski definition) is 7. The van der Waals surface area contributed by atoms with Gasteiger partial charge < -0.3 is 19.9 Å². The Balaban J connectivity index is 1.51. The minimum absolute atomic E-state index is 0.0243. The molecule has 0 aliphatic carbocycles. The van der Waals surface area contributed by atoms with Crippen molar-refractivity contribution in [1.82, 2.24) is 15.2 Å². The van der Waals surface area contributed by atoms with E-state index < -0.39 is 12.2 Å². The first-order valence-corrected chi connectivity index (χ1v) is 10.3. The Bertz CT molecular complexity index is 1170. The molecule has 3 aromatic rings. The van der Waals surface area contributed by atoms with Gasteiger partial charge in [-0.15, -0.1) is 0 Å². The number of nitrogens with one attached hydrogen (secondary N) is 2. The summed E-state index contributed by atoms with van der Waals surface area (Å²) in [6.45, 7) is 2.07. The molecule has 10 nitrogen and oxygen atoms in total. The Morgan fingerprint density at radius 2 is 2.03 bits per heavy atom. The minimum Gasteiger partial charge on any atom is -0.504 e. The van der Waals surface area contributed by atoms with Crippen molar-refractivity contribution < 1.29 is 24.2 Å². The summed E-state index contributed by atoms with van der Waals surface area (Å²) in [4.78, 5) is 24.6. The Morgan fingerprint density at radius 3 is 2.67 bits per heavy atom. The number of carbonyl (C=O) groups is 2. The van der Waals surface area contributed by atoms with Crippen LogP contribution < -0.4 is 10.1 Å². The first-order valence-electron chi connectivity index (χ1n) is 10.3. The van der Waals surface area contributed by atoms with Crippen LogP contribution in [0, 0.1) is 0 Å². The molecule has 4 rings (SSSR count). The second-order valence-electron chi connectivity index (χ2n) is 7.33. The van der Waals surface area contributed by atoms with Crippen molar-refractivity contribution in [3.8, 4) is 11.5 Å². The number of phenolic OH excluding ortho intramolecular Hbond substituents is 1. The summed E-state index contributed by atoms with van der Waals surface area (Å²) in [5.74, 6) is 0.0167. The monoisotopic (exact) mass is 449 g/mol. The number of hydrogen-bond donors (Lipinski definition) is 3. The van der Waals surface area contributed by atoms with Crippen LogP contribution >= 0.6 is 0 Å². The molecule has 0 bridgehead atoms. The zero-order valence-corrected chi connectivity index (χ0v) is 18.1. The first-order chi connectivity index (χ1) is 16.0. The van der Waals surface area contributed by atoms with Crippen molar-refractivity contribution >= 4 is 23.4 Å². The third kappa shape index (κ3) is 4.79. The lowest BCUT2D eigenvalue weighted by Crippen LogP contribution is -2.41. The quantitative estimate of drug-likeness (QED) is 0.506. The number of H-pyrrole nitrogens is 1. The van der Waals surface area contributed by atoms with E-state index in [1.54, 1.807) is 42.5 Å². The van der Waals surface area contributed by atoms with Crippen molar-refractivity contribution in [1.29, 1.82) is 0 Å². The second kappa shape index (κ2) is 9.43. The van der Waals surface area contributed by atoms with Crippen molar-refractivity contribution in [3.05, 3.63) is 71.5 Å². The zero-order valence-electron chi connectivity index (χ0n) is 18.1. The summed E-state index contributed by atoms with van der Waals surface area (Å²) >= 11 is 0. The predicted molar refractivity (Wildman–Crippen MR) is 120 cm³/mol. The maximum Gasteiger partial charge on any atom is 0.431 e. The fourth-order valence-corrected chi connectivity index (χ4v) is 3.39. The molecule has 170 valence electrons. The molecule has 10 heteroatoms. The molecule has 3 N–H and O–H groups in total. The van der Waals surface area contributed by atoms with Crippen LogP contribution in [0.2, 0.25) is 0 Å². The number of cyclic esters (lactones) is 1. The van der Waals surface area contributed by atoms with E-state index >= 15 is 0 Å². The van der Waals surface area contributed by atoms with Gasteiger partial charge >= 0.3 is 6.09 Å². The van der Waals surface area contributed by atoms with Crippen LogP contribution in [0.3, 0.4) is 0 Å². The van der Waals surface area contributed by atoms with Crippen LogP contribution in [-0.2, 0) is 11.3 Å². The lowest BCUT2D eigenvalue weighted by atomic mass is 10.0. The Morgan fingerprint density at radius 1 is 1.24 bits per heavy atom. The van der Waals surface area contributed by atoms with Crippen LogP contribution in [-0.4, -0.2) is 51.2 Å². The molecule has 1 unspecified atom stereocenters. The highest BCUT2D eigenvalue weighted by molar-refractivity contribution is 6.06. The molecule has 0 saturated heterocycles. The van der Waals surface area contributed by atoms with E-state index in [4.69, 9.17) is 9.47 Å². The lowest BCUT2D eigenvalue weighted by Gasteiger charge is -2.29. The van der Waals surface area contributed by atoms with Crippen LogP contribution in [0.4, 0.5) is 10.5 Å². The van der Waals surface area contributed by atoms with Gasteiger partial charge in [0.2, 0.25) is 0 Å². The number of aromatic amines is 1. The molecule has 2 heterocycles. The normalized spacial score (nSPS) is 15.6. The van der Waals surface area contributed by atoms with Crippen molar-refractivity contribution in [3.63, 3.8) is 0 Å². The van der Waals surface area contributed by atoms with Gasteiger partial charge in [-0.25, -0.2) is 4.79 Å². The third-order valence-corrected chi connectivity index (χ3v) is 5.12. The summed E-state index contributed by atoms with van der Waals surface area (Å²) in [5.41, 5.74) is 2.92. The fourth-order valence-electron chi connectivity index (χ4n) is 3.39. The standard InChI is InChI=1S/C23H23N5O5/c1-3-19-21(15-6-9-20(32-2)18(29)12-15)27-28(23(31)33-19)13-14-4-7-16(8-5-14)25-22(30)17-10-11-24-26-17/h4-12,19,29H,3,13H2,1-2H3,(H,24,26)(H,25,30). The number of nitrogens with zero attached hydrogens (tertiary/aromatic N) is 3. The molecule has 0 fully saturated rings. The predicted octanol–water partition coefficient (Wildman–Crippen LogP) is 3.51. The number of aromatic hydroxyl groups is 1. The number of benzene rings is 2. The summed E-state index contributed by atoms with van der Waals surface area (Å²) in [6, 6.07) is 13.6. The molecular formula is C23H23N5O5. The summed E-state index contributed by atoms with van der Waals surface area (Å²) < 4.78 is 10.7. The van der Waals surface area contributed by atoms with Crippen molar-refractivity contribution in [2.45, 2.75) is 26.0 Å². The largest absolute Gasteiger partial charge is 0.504 e. The van der Waals surface area contributed by atoms with Gasteiger partial charge in [0, 0.05) is 17.4 Å².